The number of aromatic nitrogens is 1. The molecule has 0 atom stereocenters. The predicted octanol–water partition coefficient (Wildman–Crippen LogP) is -0.0901. The minimum atomic E-state index is -0.606. The van der Waals surface area contributed by atoms with Gasteiger partial charge >= 0.3 is 0 Å². The highest BCUT2D eigenvalue weighted by Crippen LogP contribution is 1.99. The van der Waals surface area contributed by atoms with Crippen molar-refractivity contribution in [1.82, 2.24) is 15.6 Å². The van der Waals surface area contributed by atoms with Crippen molar-refractivity contribution in [2.75, 3.05) is 19.6 Å². The summed E-state index contributed by atoms with van der Waals surface area (Å²) in [5.74, 6) is -0.817. The van der Waals surface area contributed by atoms with Gasteiger partial charge in [0.15, 0.2) is 0 Å². The summed E-state index contributed by atoms with van der Waals surface area (Å²) in [6.45, 7) is 4.30. The minimum absolute atomic E-state index is 0.149. The molecular weight excluding hydrogens is 232 g/mol. The van der Waals surface area contributed by atoms with E-state index in [2.05, 4.69) is 22.5 Å². The van der Waals surface area contributed by atoms with Crippen LogP contribution in [0.15, 0.2) is 18.3 Å². The molecule has 6 heteroatoms. The Morgan fingerprint density at radius 1 is 1.28 bits per heavy atom. The molecule has 0 saturated heterocycles. The van der Waals surface area contributed by atoms with E-state index in [9.17, 15) is 9.59 Å². The SMILES string of the molecule is CCCNCCNC(=O)c1ccc(C(N)=O)nc1. The molecule has 0 aromatic carbocycles. The smallest absolute Gasteiger partial charge is 0.267 e. The number of carbonyl (C=O) groups is 2. The van der Waals surface area contributed by atoms with Crippen LogP contribution in [0, 0.1) is 0 Å². The molecule has 6 nitrogen and oxygen atoms in total. The van der Waals surface area contributed by atoms with Crippen molar-refractivity contribution in [3.63, 3.8) is 0 Å². The Kier molecular flexibility index (Phi) is 5.79. The van der Waals surface area contributed by atoms with E-state index in [1.807, 2.05) is 0 Å². The van der Waals surface area contributed by atoms with Crippen molar-refractivity contribution >= 4 is 11.8 Å². The molecule has 1 rings (SSSR count). The molecule has 1 heterocycles. The van der Waals surface area contributed by atoms with Gasteiger partial charge in [-0.1, -0.05) is 6.92 Å². The Labute approximate surface area is 106 Å². The fourth-order valence-electron chi connectivity index (χ4n) is 1.34. The monoisotopic (exact) mass is 250 g/mol. The third-order valence-electron chi connectivity index (χ3n) is 2.29. The summed E-state index contributed by atoms with van der Waals surface area (Å²) in [5.41, 5.74) is 5.62. The maximum Gasteiger partial charge on any atom is 0.267 e. The number of nitrogens with one attached hydrogen (secondary N) is 2. The summed E-state index contributed by atoms with van der Waals surface area (Å²) in [6.07, 6.45) is 2.40. The summed E-state index contributed by atoms with van der Waals surface area (Å²) in [4.78, 5) is 26.3. The molecule has 0 aliphatic carbocycles. The third-order valence-corrected chi connectivity index (χ3v) is 2.29. The zero-order chi connectivity index (χ0) is 13.4. The second kappa shape index (κ2) is 7.39. The van der Waals surface area contributed by atoms with E-state index in [4.69, 9.17) is 5.73 Å². The van der Waals surface area contributed by atoms with Crippen LogP contribution in [-0.4, -0.2) is 36.4 Å². The van der Waals surface area contributed by atoms with Crippen LogP contribution in [0.4, 0.5) is 0 Å². The second-order valence-electron chi connectivity index (χ2n) is 3.80. The summed E-state index contributed by atoms with van der Waals surface area (Å²) in [5, 5.41) is 5.92. The highest BCUT2D eigenvalue weighted by atomic mass is 16.2. The molecule has 18 heavy (non-hydrogen) atoms. The number of carbonyl (C=O) groups excluding carboxylic acids is 2. The molecule has 98 valence electrons. The first-order valence-corrected chi connectivity index (χ1v) is 5.90. The molecule has 1 aromatic rings. The van der Waals surface area contributed by atoms with E-state index in [1.165, 1.54) is 18.3 Å². The largest absolute Gasteiger partial charge is 0.364 e. The standard InChI is InChI=1S/C12H18N4O2/c1-2-5-14-6-7-15-12(18)9-3-4-10(11(13)17)16-8-9/h3-4,8,14H,2,5-7H2,1H3,(H2,13,17)(H,15,18). The van der Waals surface area contributed by atoms with E-state index in [0.29, 0.717) is 12.1 Å². The molecule has 0 saturated carbocycles. The number of nitrogens with two attached hydrogens (primary N) is 1. The minimum Gasteiger partial charge on any atom is -0.364 e. The average molecular weight is 250 g/mol. The molecule has 2 amide bonds. The zero-order valence-electron chi connectivity index (χ0n) is 10.4. The predicted molar refractivity (Wildman–Crippen MR) is 68.2 cm³/mol. The van der Waals surface area contributed by atoms with Gasteiger partial charge in [0.1, 0.15) is 5.69 Å². The molecule has 1 aromatic heterocycles. The lowest BCUT2D eigenvalue weighted by molar-refractivity contribution is 0.0950. The second-order valence-corrected chi connectivity index (χ2v) is 3.80. The van der Waals surface area contributed by atoms with Gasteiger partial charge in [0.2, 0.25) is 0 Å². The van der Waals surface area contributed by atoms with Crippen LogP contribution >= 0.6 is 0 Å². The number of rotatable bonds is 7. The number of hydrogen-bond donors (Lipinski definition) is 3. The lowest BCUT2D eigenvalue weighted by atomic mass is 10.2. The molecule has 0 fully saturated rings. The van der Waals surface area contributed by atoms with Crippen LogP contribution in [0.5, 0.6) is 0 Å². The number of hydrogen-bond acceptors (Lipinski definition) is 4. The van der Waals surface area contributed by atoms with Gasteiger partial charge < -0.3 is 16.4 Å². The summed E-state index contributed by atoms with van der Waals surface area (Å²) in [7, 11) is 0. The molecule has 4 N–H and O–H groups in total. The quantitative estimate of drug-likeness (QED) is 0.589. The van der Waals surface area contributed by atoms with Crippen LogP contribution in [0.2, 0.25) is 0 Å². The lowest BCUT2D eigenvalue weighted by Crippen LogP contribution is -2.32. The molecule has 0 aliphatic heterocycles. The summed E-state index contributed by atoms with van der Waals surface area (Å²) >= 11 is 0. The average Bonchev–Trinajstić information content (AvgIpc) is 2.38. The van der Waals surface area contributed by atoms with Crippen molar-refractivity contribution in [3.8, 4) is 0 Å². The fraction of sp³-hybridized carbons (Fsp3) is 0.417. The van der Waals surface area contributed by atoms with Gasteiger partial charge in [-0.25, -0.2) is 0 Å². The van der Waals surface area contributed by atoms with Crippen molar-refractivity contribution in [2.45, 2.75) is 13.3 Å². The van der Waals surface area contributed by atoms with Gasteiger partial charge in [0.25, 0.3) is 11.8 Å². The van der Waals surface area contributed by atoms with Gasteiger partial charge in [-0.15, -0.1) is 0 Å². The first-order valence-electron chi connectivity index (χ1n) is 5.90. The third kappa shape index (κ3) is 4.50. The van der Waals surface area contributed by atoms with Gasteiger partial charge in [-0.2, -0.15) is 0 Å². The Bertz CT molecular complexity index is 403. The van der Waals surface area contributed by atoms with Crippen molar-refractivity contribution in [2.24, 2.45) is 5.73 Å². The maximum absolute atomic E-state index is 11.7. The number of pyridine rings is 1. The lowest BCUT2D eigenvalue weighted by Gasteiger charge is -2.06. The number of amides is 2. The Morgan fingerprint density at radius 3 is 2.61 bits per heavy atom. The molecule has 0 radical (unpaired) electrons. The van der Waals surface area contributed by atoms with Crippen molar-refractivity contribution in [3.05, 3.63) is 29.6 Å². The summed E-state index contributed by atoms with van der Waals surface area (Å²) < 4.78 is 0. The molecular formula is C12H18N4O2. The van der Waals surface area contributed by atoms with Gasteiger partial charge in [-0.05, 0) is 25.1 Å². The van der Waals surface area contributed by atoms with Crippen LogP contribution in [0.1, 0.15) is 34.2 Å². The summed E-state index contributed by atoms with van der Waals surface area (Å²) in [6, 6.07) is 2.97. The molecule has 0 spiro atoms. The topological polar surface area (TPSA) is 97.1 Å². The van der Waals surface area contributed by atoms with Crippen molar-refractivity contribution < 1.29 is 9.59 Å². The molecule has 0 aliphatic rings. The first-order chi connectivity index (χ1) is 8.65. The number of nitrogens with zero attached hydrogens (tertiary/aromatic N) is 1. The van der Waals surface area contributed by atoms with E-state index in [-0.39, 0.29) is 11.6 Å². The van der Waals surface area contributed by atoms with Crippen molar-refractivity contribution in [1.29, 1.82) is 0 Å². The zero-order valence-corrected chi connectivity index (χ0v) is 10.4. The van der Waals surface area contributed by atoms with Crippen LogP contribution in [-0.2, 0) is 0 Å². The van der Waals surface area contributed by atoms with E-state index < -0.39 is 5.91 Å². The van der Waals surface area contributed by atoms with Crippen LogP contribution in [0.3, 0.4) is 0 Å². The fourth-order valence-corrected chi connectivity index (χ4v) is 1.34. The molecule has 0 unspecified atom stereocenters. The number of primary amides is 1. The first kappa shape index (κ1) is 14.1. The molecule has 0 bridgehead atoms. The maximum atomic E-state index is 11.7. The van der Waals surface area contributed by atoms with E-state index >= 15 is 0 Å². The van der Waals surface area contributed by atoms with E-state index in [0.717, 1.165) is 19.5 Å². The Morgan fingerprint density at radius 2 is 2.06 bits per heavy atom. The van der Waals surface area contributed by atoms with Gasteiger partial charge in [0.05, 0.1) is 5.56 Å². The normalized spacial score (nSPS) is 10.1. The highest BCUT2D eigenvalue weighted by Gasteiger charge is 2.07. The van der Waals surface area contributed by atoms with Gasteiger partial charge in [0, 0.05) is 19.3 Å². The van der Waals surface area contributed by atoms with Crippen LogP contribution < -0.4 is 16.4 Å². The van der Waals surface area contributed by atoms with Crippen LogP contribution in [0.25, 0.3) is 0 Å². The van der Waals surface area contributed by atoms with E-state index in [1.54, 1.807) is 0 Å². The highest BCUT2D eigenvalue weighted by molar-refractivity contribution is 5.95. The van der Waals surface area contributed by atoms with Gasteiger partial charge in [-0.3, -0.25) is 14.6 Å². The Hall–Kier alpha value is -1.95. The Balaban J connectivity index is 2.39.